The molecule has 156 valence electrons. The third kappa shape index (κ3) is 3.36. The van der Waals surface area contributed by atoms with Crippen molar-refractivity contribution in [1.82, 2.24) is 0 Å². The summed E-state index contributed by atoms with van der Waals surface area (Å²) in [6.07, 6.45) is 9.29. The molecule has 2 aromatic rings. The maximum atomic E-state index is 14.8. The van der Waals surface area contributed by atoms with Crippen LogP contribution >= 0.6 is 0 Å². The lowest BCUT2D eigenvalue weighted by atomic mass is 9.81. The lowest BCUT2D eigenvalue weighted by Gasteiger charge is -2.47. The Hall–Kier alpha value is -1.61. The second kappa shape index (κ2) is 7.91. The first-order valence-electron chi connectivity index (χ1n) is 11.3. The molecule has 29 heavy (non-hydrogen) atoms. The van der Waals surface area contributed by atoms with Crippen LogP contribution in [0.25, 0.3) is 0 Å². The molecule has 0 amide bonds. The highest BCUT2D eigenvalue weighted by Gasteiger charge is 2.57. The van der Waals surface area contributed by atoms with E-state index in [2.05, 4.69) is 62.4 Å². The molecular weight excluding hydrogens is 376 g/mol. The average molecular weight is 411 g/mol. The average Bonchev–Trinajstić information content (AvgIpc) is 2.75. The summed E-state index contributed by atoms with van der Waals surface area (Å²) >= 11 is 0. The minimum Gasteiger partial charge on any atom is -0.227 e. The van der Waals surface area contributed by atoms with Crippen LogP contribution in [0.3, 0.4) is 0 Å². The molecule has 2 nitrogen and oxygen atoms in total. The molecule has 2 aliphatic carbocycles. The molecule has 0 saturated heterocycles. The van der Waals surface area contributed by atoms with Gasteiger partial charge in [0.2, 0.25) is 0 Å². The van der Waals surface area contributed by atoms with Crippen molar-refractivity contribution in [2.24, 2.45) is 0 Å². The van der Waals surface area contributed by atoms with Gasteiger partial charge < -0.3 is 0 Å². The third-order valence-electron chi connectivity index (χ3n) is 7.51. The van der Waals surface area contributed by atoms with E-state index in [4.69, 9.17) is 0 Å². The van der Waals surface area contributed by atoms with Crippen molar-refractivity contribution in [2.45, 2.75) is 87.5 Å². The van der Waals surface area contributed by atoms with Gasteiger partial charge in [0, 0.05) is 0 Å². The molecule has 0 spiro atoms. The highest BCUT2D eigenvalue weighted by molar-refractivity contribution is 7.93. The fourth-order valence-electron chi connectivity index (χ4n) is 5.76. The summed E-state index contributed by atoms with van der Waals surface area (Å²) in [4.78, 5) is 0. The monoisotopic (exact) mass is 410 g/mol. The van der Waals surface area contributed by atoms with Gasteiger partial charge in [-0.2, -0.15) is 0 Å². The van der Waals surface area contributed by atoms with Crippen LogP contribution in [0.4, 0.5) is 0 Å². The van der Waals surface area contributed by atoms with E-state index in [-0.39, 0.29) is 0 Å². The van der Waals surface area contributed by atoms with Crippen LogP contribution in [0, 0.1) is 13.8 Å². The molecule has 0 aliphatic heterocycles. The molecular formula is C26H34O2S. The lowest BCUT2D eigenvalue weighted by molar-refractivity contribution is 0.332. The maximum Gasteiger partial charge on any atom is 0.169 e. The molecule has 0 N–H and O–H groups in total. The van der Waals surface area contributed by atoms with E-state index in [0.717, 1.165) is 75.3 Å². The number of aryl methyl sites for hydroxylation is 2. The predicted molar refractivity (Wildman–Crippen MR) is 121 cm³/mol. The largest absolute Gasteiger partial charge is 0.227 e. The second-order valence-corrected chi connectivity index (χ2v) is 11.9. The molecule has 0 heterocycles. The van der Waals surface area contributed by atoms with E-state index in [1.54, 1.807) is 0 Å². The Morgan fingerprint density at radius 1 is 0.552 bits per heavy atom. The number of rotatable bonds is 4. The Morgan fingerprint density at radius 2 is 0.862 bits per heavy atom. The van der Waals surface area contributed by atoms with Gasteiger partial charge in [-0.3, -0.25) is 0 Å². The smallest absolute Gasteiger partial charge is 0.169 e. The molecule has 0 unspecified atom stereocenters. The number of benzene rings is 2. The first-order valence-corrected chi connectivity index (χ1v) is 12.8. The molecule has 2 saturated carbocycles. The number of hydrogen-bond acceptors (Lipinski definition) is 2. The normalized spacial score (nSPS) is 21.6. The summed E-state index contributed by atoms with van der Waals surface area (Å²) in [6.45, 7) is 4.14. The third-order valence-corrected chi connectivity index (χ3v) is 10.9. The van der Waals surface area contributed by atoms with Crippen LogP contribution in [0.5, 0.6) is 0 Å². The molecule has 2 aromatic carbocycles. The van der Waals surface area contributed by atoms with Crippen LogP contribution < -0.4 is 0 Å². The van der Waals surface area contributed by atoms with Gasteiger partial charge in [0.25, 0.3) is 0 Å². The first-order chi connectivity index (χ1) is 13.9. The Bertz CT molecular complexity index is 854. The molecule has 4 rings (SSSR count). The van der Waals surface area contributed by atoms with Gasteiger partial charge in [-0.15, -0.1) is 0 Å². The maximum absolute atomic E-state index is 14.8. The molecule has 0 radical (unpaired) electrons. The SMILES string of the molecule is Cc1ccc(C2(S(=O)(=O)C3(c4ccc(C)cc4)CCCCC3)CCCCC2)cc1. The van der Waals surface area contributed by atoms with Gasteiger partial charge in [0.15, 0.2) is 9.84 Å². The minimum absolute atomic E-state index is 0.749. The van der Waals surface area contributed by atoms with Crippen molar-refractivity contribution in [3.63, 3.8) is 0 Å². The van der Waals surface area contributed by atoms with Crippen LogP contribution in [-0.4, -0.2) is 8.42 Å². The van der Waals surface area contributed by atoms with Gasteiger partial charge in [-0.25, -0.2) is 8.42 Å². The van der Waals surface area contributed by atoms with Crippen LogP contribution in [0.1, 0.15) is 86.5 Å². The van der Waals surface area contributed by atoms with Crippen LogP contribution in [0.15, 0.2) is 48.5 Å². The van der Waals surface area contributed by atoms with E-state index in [9.17, 15) is 8.42 Å². The van der Waals surface area contributed by atoms with Gasteiger partial charge in [-0.1, -0.05) is 98.2 Å². The van der Waals surface area contributed by atoms with E-state index < -0.39 is 19.3 Å². The molecule has 0 aromatic heterocycles. The Kier molecular flexibility index (Phi) is 5.63. The molecule has 2 fully saturated rings. The zero-order chi connectivity index (χ0) is 20.5. The second-order valence-electron chi connectivity index (χ2n) is 9.35. The molecule has 2 aliphatic rings. The number of hydrogen-bond donors (Lipinski definition) is 0. The van der Waals surface area contributed by atoms with Crippen molar-refractivity contribution < 1.29 is 8.42 Å². The van der Waals surface area contributed by atoms with Gasteiger partial charge in [0.05, 0.1) is 9.49 Å². The minimum atomic E-state index is -3.44. The quantitative estimate of drug-likeness (QED) is 0.559. The highest BCUT2D eigenvalue weighted by Crippen LogP contribution is 2.55. The van der Waals surface area contributed by atoms with Crippen molar-refractivity contribution in [2.75, 3.05) is 0 Å². The zero-order valence-corrected chi connectivity index (χ0v) is 18.7. The van der Waals surface area contributed by atoms with Gasteiger partial charge in [0.1, 0.15) is 0 Å². The topological polar surface area (TPSA) is 34.1 Å². The Balaban J connectivity index is 1.91. The molecule has 0 atom stereocenters. The van der Waals surface area contributed by atoms with Crippen molar-refractivity contribution in [3.8, 4) is 0 Å². The Labute approximate surface area is 176 Å². The van der Waals surface area contributed by atoms with Crippen LogP contribution in [-0.2, 0) is 19.3 Å². The van der Waals surface area contributed by atoms with E-state index in [0.29, 0.717) is 0 Å². The highest BCUT2D eigenvalue weighted by atomic mass is 32.2. The predicted octanol–water partition coefficient (Wildman–Crippen LogP) is 6.74. The summed E-state index contributed by atoms with van der Waals surface area (Å²) in [6, 6.07) is 16.7. The lowest BCUT2D eigenvalue weighted by Crippen LogP contribution is -2.50. The van der Waals surface area contributed by atoms with Crippen molar-refractivity contribution in [1.29, 1.82) is 0 Å². The van der Waals surface area contributed by atoms with Crippen molar-refractivity contribution in [3.05, 3.63) is 70.8 Å². The van der Waals surface area contributed by atoms with Crippen LogP contribution in [0.2, 0.25) is 0 Å². The van der Waals surface area contributed by atoms with Gasteiger partial charge >= 0.3 is 0 Å². The fourth-order valence-corrected chi connectivity index (χ4v) is 9.05. The first kappa shape index (κ1) is 20.7. The molecule has 3 heteroatoms. The zero-order valence-electron chi connectivity index (χ0n) is 17.9. The molecule has 0 bridgehead atoms. The Morgan fingerprint density at radius 3 is 1.17 bits per heavy atom. The standard InChI is InChI=1S/C26H34O2S/c1-21-9-13-23(14-10-21)25(17-5-3-6-18-25)29(27,28)26(19-7-4-8-20-26)24-15-11-22(2)12-16-24/h9-16H,3-8,17-20H2,1-2H3. The summed E-state index contributed by atoms with van der Waals surface area (Å²) in [5.74, 6) is 0. The van der Waals surface area contributed by atoms with Crippen molar-refractivity contribution >= 4 is 9.84 Å². The van der Waals surface area contributed by atoms with E-state index >= 15 is 0 Å². The summed E-state index contributed by atoms with van der Waals surface area (Å²) in [7, 11) is -3.44. The summed E-state index contributed by atoms with van der Waals surface area (Å²) in [5, 5.41) is 0. The fraction of sp³-hybridized carbons (Fsp3) is 0.538. The summed E-state index contributed by atoms with van der Waals surface area (Å²) in [5.41, 5.74) is 4.39. The van der Waals surface area contributed by atoms with E-state index in [1.165, 1.54) is 11.1 Å². The van der Waals surface area contributed by atoms with E-state index in [1.807, 2.05) is 0 Å². The number of sulfone groups is 1. The van der Waals surface area contributed by atoms with Gasteiger partial charge in [-0.05, 0) is 50.7 Å². The summed E-state index contributed by atoms with van der Waals surface area (Å²) < 4.78 is 28.0.